The molecule has 8 nitrogen and oxygen atoms in total. The Hall–Kier alpha value is -1.85. The number of aromatic nitrogens is 1. The molecule has 1 saturated carbocycles. The Morgan fingerprint density at radius 2 is 2.00 bits per heavy atom. The van der Waals surface area contributed by atoms with Crippen molar-refractivity contribution in [1.29, 1.82) is 0 Å². The third-order valence-electron chi connectivity index (χ3n) is 8.16. The number of carbonyl (C=O) groups is 2. The molecule has 220 valence electrons. The molecule has 2 N–H and O–H groups in total. The minimum Gasteiger partial charge on any atom is -0.465 e. The fourth-order valence-corrected chi connectivity index (χ4v) is 7.48. The van der Waals surface area contributed by atoms with Gasteiger partial charge >= 0.3 is 6.09 Å². The highest BCUT2D eigenvalue weighted by atomic mass is 35.5. The molecule has 12 heteroatoms. The smallest absolute Gasteiger partial charge is 0.404 e. The molecule has 1 saturated heterocycles. The second-order valence-corrected chi connectivity index (χ2v) is 19.0. The van der Waals surface area contributed by atoms with Crippen LogP contribution in [0.1, 0.15) is 50.5 Å². The number of halogens is 2. The van der Waals surface area contributed by atoms with Gasteiger partial charge in [-0.3, -0.25) is 4.79 Å². The maximum atomic E-state index is 13.8. The van der Waals surface area contributed by atoms with Crippen LogP contribution in [-0.4, -0.2) is 67.1 Å². The van der Waals surface area contributed by atoms with Crippen molar-refractivity contribution in [3.8, 4) is 0 Å². The molecule has 1 aliphatic heterocycles. The van der Waals surface area contributed by atoms with E-state index in [1.807, 2.05) is 23.2 Å². The summed E-state index contributed by atoms with van der Waals surface area (Å²) in [6, 6.07) is 5.53. The zero-order valence-corrected chi connectivity index (χ0v) is 27.2. The van der Waals surface area contributed by atoms with Gasteiger partial charge in [0.2, 0.25) is 5.91 Å². The fourth-order valence-electron chi connectivity index (χ4n) is 4.69. The number of nitrogens with one attached hydrogen (secondary N) is 1. The lowest BCUT2D eigenvalue weighted by Crippen LogP contribution is -2.44. The summed E-state index contributed by atoms with van der Waals surface area (Å²) >= 11 is 14.2. The molecule has 40 heavy (non-hydrogen) atoms. The number of benzene rings is 1. The minimum absolute atomic E-state index is 0.0278. The predicted molar refractivity (Wildman–Crippen MR) is 164 cm³/mol. The van der Waals surface area contributed by atoms with Crippen LogP contribution in [0.25, 0.3) is 0 Å². The van der Waals surface area contributed by atoms with E-state index < -0.39 is 20.3 Å². The Morgan fingerprint density at radius 1 is 1.27 bits per heavy atom. The summed E-state index contributed by atoms with van der Waals surface area (Å²) < 4.78 is 6.63. The summed E-state index contributed by atoms with van der Waals surface area (Å²) in [4.78, 5) is 34.9. The number of carbonyl (C=O) groups excluding carboxylic acids is 1. The third kappa shape index (κ3) is 7.70. The summed E-state index contributed by atoms with van der Waals surface area (Å²) in [6.45, 7) is 13.4. The average Bonchev–Trinajstić information content (AvgIpc) is 3.42. The Labute approximate surface area is 252 Å². The molecule has 0 bridgehead atoms. The molecule has 0 radical (unpaired) electrons. The quantitative estimate of drug-likeness (QED) is 0.271. The van der Waals surface area contributed by atoms with Crippen LogP contribution in [0.5, 0.6) is 0 Å². The SMILES string of the molecule is CC(C)(C)[Si](C)(C)O[C@H]1CCN(c2ncc(C[C@@H](CNC(=O)O)C(=O)N(Cc3cccc(Cl)c3Cl)C3CC3)s2)C1. The number of amides is 2. The van der Waals surface area contributed by atoms with Crippen molar-refractivity contribution in [1.82, 2.24) is 15.2 Å². The van der Waals surface area contributed by atoms with Crippen LogP contribution in [0.2, 0.25) is 28.2 Å². The molecular weight excluding hydrogens is 587 g/mol. The van der Waals surface area contributed by atoms with Crippen molar-refractivity contribution in [2.45, 2.75) is 83.3 Å². The number of rotatable bonds is 11. The van der Waals surface area contributed by atoms with Gasteiger partial charge in [-0.15, -0.1) is 11.3 Å². The highest BCUT2D eigenvalue weighted by Crippen LogP contribution is 2.39. The van der Waals surface area contributed by atoms with Gasteiger partial charge < -0.3 is 24.6 Å². The second kappa shape index (κ2) is 12.6. The number of nitrogens with zero attached hydrogens (tertiary/aromatic N) is 3. The molecule has 0 spiro atoms. The second-order valence-electron chi connectivity index (χ2n) is 12.3. The topological polar surface area (TPSA) is 95.0 Å². The zero-order valence-electron chi connectivity index (χ0n) is 23.9. The Morgan fingerprint density at radius 3 is 2.65 bits per heavy atom. The van der Waals surface area contributed by atoms with Crippen LogP contribution in [-0.2, 0) is 22.2 Å². The molecule has 2 heterocycles. The first-order valence-corrected chi connectivity index (χ1v) is 18.3. The van der Waals surface area contributed by atoms with Gasteiger partial charge in [0.15, 0.2) is 13.4 Å². The fraction of sp³-hybridized carbons (Fsp3) is 0.607. The molecule has 2 atom stereocenters. The minimum atomic E-state index is -1.85. The van der Waals surface area contributed by atoms with Crippen molar-refractivity contribution in [2.24, 2.45) is 5.92 Å². The van der Waals surface area contributed by atoms with Crippen LogP contribution in [0.4, 0.5) is 9.93 Å². The van der Waals surface area contributed by atoms with Gasteiger partial charge in [-0.2, -0.15) is 0 Å². The van der Waals surface area contributed by atoms with Gasteiger partial charge in [0.05, 0.1) is 22.1 Å². The van der Waals surface area contributed by atoms with E-state index >= 15 is 0 Å². The average molecular weight is 628 g/mol. The molecular formula is C28H40Cl2N4O4SSi. The zero-order chi connectivity index (χ0) is 29.2. The normalized spacial score (nSPS) is 18.6. The van der Waals surface area contributed by atoms with Crippen LogP contribution in [0, 0.1) is 5.92 Å². The first-order chi connectivity index (χ1) is 18.7. The van der Waals surface area contributed by atoms with E-state index in [1.54, 1.807) is 17.4 Å². The highest BCUT2D eigenvalue weighted by Gasteiger charge is 2.41. The van der Waals surface area contributed by atoms with E-state index in [2.05, 4.69) is 49.1 Å². The maximum absolute atomic E-state index is 13.8. The number of carboxylic acid groups (broad SMARTS) is 1. The van der Waals surface area contributed by atoms with Crippen LogP contribution < -0.4 is 10.2 Å². The van der Waals surface area contributed by atoms with Crippen LogP contribution in [0.15, 0.2) is 24.4 Å². The number of anilines is 1. The van der Waals surface area contributed by atoms with Gasteiger partial charge in [-0.05, 0) is 55.4 Å². The standard InChI is InChI=1S/C28H40Cl2N4O4SSi/c1-28(2,3)40(4,5)38-21-11-12-33(17-21)26-31-15-22(39-26)13-19(14-32-27(36)37)25(35)34(20-9-10-20)16-18-7-6-8-23(29)24(18)30/h6-8,15,19-21,32H,9-14,16-17H2,1-5H3,(H,36,37)/t19-,21-/m0/s1. The van der Waals surface area contributed by atoms with Gasteiger partial charge in [0, 0.05) is 43.3 Å². The first-order valence-electron chi connectivity index (χ1n) is 13.8. The van der Waals surface area contributed by atoms with E-state index in [0.29, 0.717) is 23.0 Å². The predicted octanol–water partition coefficient (Wildman–Crippen LogP) is 6.67. The molecule has 1 aromatic carbocycles. The Balaban J connectivity index is 1.45. The van der Waals surface area contributed by atoms with E-state index in [-0.39, 0.29) is 29.6 Å². The number of thiazole rings is 1. The maximum Gasteiger partial charge on any atom is 0.404 e. The molecule has 1 aromatic heterocycles. The molecule has 0 unspecified atom stereocenters. The van der Waals surface area contributed by atoms with Crippen molar-refractivity contribution in [3.63, 3.8) is 0 Å². The van der Waals surface area contributed by atoms with Crippen molar-refractivity contribution < 1.29 is 19.1 Å². The number of hydrogen-bond acceptors (Lipinski definition) is 6. The Kier molecular flexibility index (Phi) is 9.77. The van der Waals surface area contributed by atoms with E-state index in [4.69, 9.17) is 27.6 Å². The van der Waals surface area contributed by atoms with Crippen molar-refractivity contribution >= 4 is 60.0 Å². The van der Waals surface area contributed by atoms with Crippen LogP contribution >= 0.6 is 34.5 Å². The van der Waals surface area contributed by atoms with Crippen molar-refractivity contribution in [3.05, 3.63) is 44.9 Å². The van der Waals surface area contributed by atoms with Gasteiger partial charge in [0.1, 0.15) is 0 Å². The van der Waals surface area contributed by atoms with Gasteiger partial charge in [-0.1, -0.05) is 56.1 Å². The molecule has 2 aromatic rings. The highest BCUT2D eigenvalue weighted by molar-refractivity contribution is 7.15. The third-order valence-corrected chi connectivity index (χ3v) is 14.6. The van der Waals surface area contributed by atoms with E-state index in [1.165, 1.54) is 0 Å². The Bertz CT molecular complexity index is 1220. The van der Waals surface area contributed by atoms with E-state index in [9.17, 15) is 14.7 Å². The molecule has 4 rings (SSSR count). The first kappa shape index (κ1) is 31.1. The summed E-state index contributed by atoms with van der Waals surface area (Å²) in [7, 11) is -1.85. The summed E-state index contributed by atoms with van der Waals surface area (Å²) in [6.07, 6.45) is 4.06. The molecule has 2 aliphatic rings. The number of hydrogen-bond donors (Lipinski definition) is 2. The lowest BCUT2D eigenvalue weighted by atomic mass is 10.0. The van der Waals surface area contributed by atoms with Gasteiger partial charge in [0.25, 0.3) is 0 Å². The summed E-state index contributed by atoms with van der Waals surface area (Å²) in [5, 5.41) is 13.7. The molecule has 1 aliphatic carbocycles. The van der Waals surface area contributed by atoms with Crippen molar-refractivity contribution in [2.75, 3.05) is 24.5 Å². The van der Waals surface area contributed by atoms with E-state index in [0.717, 1.165) is 47.9 Å². The van der Waals surface area contributed by atoms with Crippen LogP contribution in [0.3, 0.4) is 0 Å². The lowest BCUT2D eigenvalue weighted by molar-refractivity contribution is -0.136. The molecule has 2 amide bonds. The lowest BCUT2D eigenvalue weighted by Gasteiger charge is -2.38. The monoisotopic (exact) mass is 626 g/mol. The van der Waals surface area contributed by atoms with Gasteiger partial charge in [-0.25, -0.2) is 9.78 Å². The summed E-state index contributed by atoms with van der Waals surface area (Å²) in [5.41, 5.74) is 0.781. The largest absolute Gasteiger partial charge is 0.465 e. The molecule has 2 fully saturated rings. The summed E-state index contributed by atoms with van der Waals surface area (Å²) in [5.74, 6) is -0.651.